The van der Waals surface area contributed by atoms with Crippen LogP contribution in [-0.4, -0.2) is 48.2 Å². The van der Waals surface area contributed by atoms with Crippen molar-refractivity contribution in [2.24, 2.45) is 0 Å². The van der Waals surface area contributed by atoms with Gasteiger partial charge in [0.25, 0.3) is 5.91 Å². The van der Waals surface area contributed by atoms with Gasteiger partial charge >= 0.3 is 0 Å². The summed E-state index contributed by atoms with van der Waals surface area (Å²) in [5.74, 6) is 0.482. The molecule has 3 heterocycles. The van der Waals surface area contributed by atoms with Gasteiger partial charge in [0.05, 0.1) is 40.5 Å². The smallest absolute Gasteiger partial charge is 0.255 e. The number of fused-ring (bicyclic) bond motifs is 1. The monoisotopic (exact) mass is 442 g/mol. The Morgan fingerprint density at radius 2 is 2.16 bits per heavy atom. The standard InChI is InChI=1S/C21H23ClN6O3/c1-30-9-7-11-10-25-20(29)15-16(11)28-17(13-6-8-24-21(23)27-13)18(15)26-14-5-3-4-12(22)19(14)31-2/h3-6,8,11,26,28H,7,9-10H2,1-2H3,(H,25,29)(H2,23,24,27). The Kier molecular flexibility index (Phi) is 5.97. The van der Waals surface area contributed by atoms with Gasteiger partial charge in [0.2, 0.25) is 5.95 Å². The van der Waals surface area contributed by atoms with Crippen molar-refractivity contribution < 1.29 is 14.3 Å². The van der Waals surface area contributed by atoms with Gasteiger partial charge in [0, 0.05) is 38.1 Å². The number of nitrogen functional groups attached to an aromatic ring is 1. The number of anilines is 3. The van der Waals surface area contributed by atoms with Crippen molar-refractivity contribution >= 4 is 34.8 Å². The molecule has 31 heavy (non-hydrogen) atoms. The summed E-state index contributed by atoms with van der Waals surface area (Å²) >= 11 is 6.30. The van der Waals surface area contributed by atoms with E-state index in [1.165, 1.54) is 0 Å². The zero-order chi connectivity index (χ0) is 22.0. The number of aromatic nitrogens is 3. The third-order valence-electron chi connectivity index (χ3n) is 5.20. The summed E-state index contributed by atoms with van der Waals surface area (Å²) in [6, 6.07) is 7.09. The fourth-order valence-electron chi connectivity index (χ4n) is 3.75. The number of ether oxygens (including phenoxy) is 2. The quantitative estimate of drug-likeness (QED) is 0.442. The molecule has 0 bridgehead atoms. The van der Waals surface area contributed by atoms with Crippen molar-refractivity contribution in [3.63, 3.8) is 0 Å². The number of H-pyrrole nitrogens is 1. The fourth-order valence-corrected chi connectivity index (χ4v) is 4.01. The predicted molar refractivity (Wildman–Crippen MR) is 119 cm³/mol. The fraction of sp³-hybridized carbons (Fsp3) is 0.286. The van der Waals surface area contributed by atoms with E-state index in [-0.39, 0.29) is 17.8 Å². The number of hydrogen-bond acceptors (Lipinski definition) is 7. The van der Waals surface area contributed by atoms with Crippen LogP contribution >= 0.6 is 11.6 Å². The van der Waals surface area contributed by atoms with Gasteiger partial charge in [-0.15, -0.1) is 0 Å². The van der Waals surface area contributed by atoms with Crippen LogP contribution in [0.2, 0.25) is 5.02 Å². The maximum absolute atomic E-state index is 12.9. The Bertz CT molecular complexity index is 1120. The van der Waals surface area contributed by atoms with Gasteiger partial charge in [-0.2, -0.15) is 0 Å². The van der Waals surface area contributed by atoms with Crippen LogP contribution in [0.25, 0.3) is 11.4 Å². The van der Waals surface area contributed by atoms with Gasteiger partial charge in [-0.1, -0.05) is 17.7 Å². The summed E-state index contributed by atoms with van der Waals surface area (Å²) in [6.07, 6.45) is 2.32. The molecule has 1 aromatic carbocycles. The van der Waals surface area contributed by atoms with Gasteiger partial charge in [-0.25, -0.2) is 9.97 Å². The van der Waals surface area contributed by atoms with E-state index in [2.05, 4.69) is 25.6 Å². The van der Waals surface area contributed by atoms with Crippen LogP contribution < -0.4 is 21.1 Å². The lowest BCUT2D eigenvalue weighted by Gasteiger charge is -2.23. The molecule has 0 fully saturated rings. The lowest BCUT2D eigenvalue weighted by Crippen LogP contribution is -2.35. The summed E-state index contributed by atoms with van der Waals surface area (Å²) in [5, 5.41) is 6.75. The molecule has 1 atom stereocenters. The molecule has 3 aromatic rings. The van der Waals surface area contributed by atoms with E-state index in [9.17, 15) is 4.79 Å². The number of nitrogens with one attached hydrogen (secondary N) is 3. The lowest BCUT2D eigenvalue weighted by atomic mass is 9.94. The maximum atomic E-state index is 12.9. The summed E-state index contributed by atoms with van der Waals surface area (Å²) in [4.78, 5) is 24.7. The Labute approximate surface area is 184 Å². The number of methoxy groups -OCH3 is 2. The largest absolute Gasteiger partial charge is 0.493 e. The number of rotatable bonds is 7. The summed E-state index contributed by atoms with van der Waals surface area (Å²) in [7, 11) is 3.20. The van der Waals surface area contributed by atoms with Crippen molar-refractivity contribution in [3.8, 4) is 17.1 Å². The minimum absolute atomic E-state index is 0.0578. The van der Waals surface area contributed by atoms with Gasteiger partial charge in [-0.05, 0) is 24.6 Å². The molecular formula is C21H23ClN6O3. The van der Waals surface area contributed by atoms with Gasteiger partial charge in [-0.3, -0.25) is 4.79 Å². The van der Waals surface area contributed by atoms with Gasteiger partial charge < -0.3 is 30.8 Å². The highest BCUT2D eigenvalue weighted by molar-refractivity contribution is 6.32. The van der Waals surface area contributed by atoms with Crippen molar-refractivity contribution in [1.29, 1.82) is 0 Å². The maximum Gasteiger partial charge on any atom is 0.255 e. The molecule has 4 rings (SSSR count). The molecule has 0 spiro atoms. The second-order valence-corrected chi connectivity index (χ2v) is 7.51. The topological polar surface area (TPSA) is 127 Å². The number of nitrogens with zero attached hydrogens (tertiary/aromatic N) is 2. The van der Waals surface area contributed by atoms with E-state index in [1.54, 1.807) is 38.6 Å². The van der Waals surface area contributed by atoms with E-state index in [0.717, 1.165) is 12.1 Å². The molecule has 0 saturated carbocycles. The second kappa shape index (κ2) is 8.83. The predicted octanol–water partition coefficient (Wildman–Crippen LogP) is 3.32. The van der Waals surface area contributed by atoms with Crippen molar-refractivity contribution in [2.45, 2.75) is 12.3 Å². The number of halogens is 1. The number of para-hydroxylation sites is 1. The highest BCUT2D eigenvalue weighted by Gasteiger charge is 2.33. The first-order chi connectivity index (χ1) is 15.0. The summed E-state index contributed by atoms with van der Waals surface area (Å²) < 4.78 is 10.7. The van der Waals surface area contributed by atoms with Crippen molar-refractivity contribution in [2.75, 3.05) is 38.4 Å². The molecule has 5 N–H and O–H groups in total. The van der Waals surface area contributed by atoms with Crippen LogP contribution in [0.1, 0.15) is 28.4 Å². The molecule has 1 aliphatic rings. The van der Waals surface area contributed by atoms with Gasteiger partial charge in [0.1, 0.15) is 0 Å². The minimum Gasteiger partial charge on any atom is -0.493 e. The second-order valence-electron chi connectivity index (χ2n) is 7.10. The van der Waals surface area contributed by atoms with Crippen LogP contribution in [-0.2, 0) is 4.74 Å². The number of carbonyl (C=O) groups excluding carboxylic acids is 1. The number of nitrogens with two attached hydrogens (primary N) is 1. The highest BCUT2D eigenvalue weighted by atomic mass is 35.5. The van der Waals surface area contributed by atoms with E-state index in [1.807, 2.05) is 6.07 Å². The molecule has 0 aliphatic carbocycles. The summed E-state index contributed by atoms with van der Waals surface area (Å²) in [5.41, 5.74) is 9.51. The normalized spacial score (nSPS) is 15.3. The Morgan fingerprint density at radius 1 is 1.32 bits per heavy atom. The molecule has 2 aromatic heterocycles. The third-order valence-corrected chi connectivity index (χ3v) is 5.50. The molecule has 1 unspecified atom stereocenters. The molecular weight excluding hydrogens is 420 g/mol. The molecule has 0 radical (unpaired) electrons. The summed E-state index contributed by atoms with van der Waals surface area (Å²) in [6.45, 7) is 1.08. The average molecular weight is 443 g/mol. The first-order valence-electron chi connectivity index (χ1n) is 9.74. The Hall–Kier alpha value is -3.30. The average Bonchev–Trinajstić information content (AvgIpc) is 3.14. The lowest BCUT2D eigenvalue weighted by molar-refractivity contribution is 0.0935. The van der Waals surface area contributed by atoms with Crippen molar-refractivity contribution in [3.05, 3.63) is 46.7 Å². The third kappa shape index (κ3) is 4.01. The zero-order valence-corrected chi connectivity index (χ0v) is 17.9. The number of carbonyl (C=O) groups is 1. The van der Waals surface area contributed by atoms with Crippen LogP contribution in [0, 0.1) is 0 Å². The number of hydrogen-bond donors (Lipinski definition) is 4. The van der Waals surface area contributed by atoms with Crippen LogP contribution in [0.15, 0.2) is 30.5 Å². The van der Waals surface area contributed by atoms with Gasteiger partial charge in [0.15, 0.2) is 5.75 Å². The Balaban J connectivity index is 1.89. The van der Waals surface area contributed by atoms with E-state index in [0.29, 0.717) is 52.2 Å². The molecule has 0 saturated heterocycles. The number of benzene rings is 1. The zero-order valence-electron chi connectivity index (χ0n) is 17.2. The first-order valence-corrected chi connectivity index (χ1v) is 10.1. The Morgan fingerprint density at radius 3 is 2.90 bits per heavy atom. The number of amides is 1. The van der Waals surface area contributed by atoms with E-state index >= 15 is 0 Å². The molecule has 10 heteroatoms. The van der Waals surface area contributed by atoms with Crippen LogP contribution in [0.4, 0.5) is 17.3 Å². The first kappa shape index (κ1) is 21.0. The van der Waals surface area contributed by atoms with Crippen LogP contribution in [0.3, 0.4) is 0 Å². The number of aromatic amines is 1. The van der Waals surface area contributed by atoms with E-state index in [4.69, 9.17) is 26.8 Å². The highest BCUT2D eigenvalue weighted by Crippen LogP contribution is 2.42. The van der Waals surface area contributed by atoms with Crippen molar-refractivity contribution in [1.82, 2.24) is 20.3 Å². The SMILES string of the molecule is COCCC1CNC(=O)c2c1[nH]c(-c1ccnc(N)n1)c2Nc1cccc(Cl)c1OC. The molecule has 9 nitrogen and oxygen atoms in total. The van der Waals surface area contributed by atoms with E-state index < -0.39 is 0 Å². The molecule has 1 aliphatic heterocycles. The molecule has 162 valence electrons. The molecule has 1 amide bonds. The minimum atomic E-state index is -0.184. The van der Waals surface area contributed by atoms with Crippen LogP contribution in [0.5, 0.6) is 5.75 Å².